The van der Waals surface area contributed by atoms with Gasteiger partial charge in [-0.15, -0.1) is 0 Å². The Labute approximate surface area is 249 Å². The molecule has 0 fully saturated rings. The first-order valence-corrected chi connectivity index (χ1v) is 16.3. The van der Waals surface area contributed by atoms with Crippen molar-refractivity contribution < 1.29 is 4.74 Å². The molecule has 0 amide bonds. The Balaban J connectivity index is 1.71. The normalized spacial score (nSPS) is 12.2. The number of ether oxygens (including phenoxy) is 1. The summed E-state index contributed by atoms with van der Waals surface area (Å²) >= 11 is 7.60. The molecule has 0 aromatic heterocycles. The zero-order chi connectivity index (χ0) is 27.2. The van der Waals surface area contributed by atoms with E-state index in [1.165, 1.54) is 74.2 Å². The molecule has 0 saturated carbocycles. The average Bonchev–Trinajstić information content (AvgIpc) is 3.00. The molecule has 0 radical (unpaired) electrons. The lowest BCUT2D eigenvalue weighted by Gasteiger charge is -2.22. The molecule has 0 aliphatic rings. The van der Waals surface area contributed by atoms with E-state index < -0.39 is 0 Å². The summed E-state index contributed by atoms with van der Waals surface area (Å²) in [5.74, 6) is 1.59. The van der Waals surface area contributed by atoms with Crippen LogP contribution in [-0.2, 0) is 10.7 Å². The fourth-order valence-electron chi connectivity index (χ4n) is 5.69. The second-order valence-electron chi connectivity index (χ2n) is 10.3. The SMILES string of the molecule is CCCCC(CC)COc1cc(CBr)c(-c2c3ccccc3c(-c3ccccc3)c3ccccc23)cc1CBr. The van der Waals surface area contributed by atoms with Gasteiger partial charge in [-0.05, 0) is 73.8 Å². The first kappa shape index (κ1) is 27.9. The number of benzene rings is 5. The molecule has 200 valence electrons. The predicted molar refractivity (Wildman–Crippen MR) is 176 cm³/mol. The van der Waals surface area contributed by atoms with Gasteiger partial charge < -0.3 is 4.74 Å². The number of hydrogen-bond acceptors (Lipinski definition) is 1. The van der Waals surface area contributed by atoms with E-state index >= 15 is 0 Å². The number of unbranched alkanes of at least 4 members (excludes halogenated alkanes) is 1. The van der Waals surface area contributed by atoms with Crippen molar-refractivity contribution in [2.45, 2.75) is 50.2 Å². The van der Waals surface area contributed by atoms with Crippen molar-refractivity contribution in [3.05, 3.63) is 102 Å². The molecule has 0 spiro atoms. The van der Waals surface area contributed by atoms with Gasteiger partial charge in [-0.3, -0.25) is 0 Å². The van der Waals surface area contributed by atoms with Crippen LogP contribution in [0.5, 0.6) is 5.75 Å². The quantitative estimate of drug-likeness (QED) is 0.103. The third-order valence-electron chi connectivity index (χ3n) is 7.86. The summed E-state index contributed by atoms with van der Waals surface area (Å²) in [4.78, 5) is 0. The van der Waals surface area contributed by atoms with Crippen molar-refractivity contribution in [2.75, 3.05) is 6.61 Å². The second-order valence-corrected chi connectivity index (χ2v) is 11.4. The van der Waals surface area contributed by atoms with Gasteiger partial charge in [0.15, 0.2) is 0 Å². The van der Waals surface area contributed by atoms with Gasteiger partial charge in [0, 0.05) is 16.2 Å². The standard InChI is InChI=1S/C36H36Br2O/c1-3-5-13-25(4-2)24-39-34-21-27(22-37)33(20-28(34)23-38)36-31-18-11-9-16-29(31)35(26-14-7-6-8-15-26)30-17-10-12-19-32(30)36/h6-12,14-21,25H,3-5,13,22-24H2,1-2H3. The Hall–Kier alpha value is -2.62. The van der Waals surface area contributed by atoms with Crippen LogP contribution >= 0.6 is 31.9 Å². The van der Waals surface area contributed by atoms with Crippen LogP contribution in [0, 0.1) is 5.92 Å². The van der Waals surface area contributed by atoms with E-state index in [0.717, 1.165) is 29.4 Å². The smallest absolute Gasteiger partial charge is 0.123 e. The lowest BCUT2D eigenvalue weighted by atomic mass is 9.84. The molecule has 3 heteroatoms. The highest BCUT2D eigenvalue weighted by Gasteiger charge is 2.20. The van der Waals surface area contributed by atoms with Gasteiger partial charge in [0.25, 0.3) is 0 Å². The molecule has 0 aliphatic carbocycles. The van der Waals surface area contributed by atoms with E-state index in [2.05, 4.69) is 137 Å². The summed E-state index contributed by atoms with van der Waals surface area (Å²) in [6, 6.07) is 33.1. The van der Waals surface area contributed by atoms with Crippen LogP contribution in [0.15, 0.2) is 91.0 Å². The minimum atomic E-state index is 0.596. The number of hydrogen-bond donors (Lipinski definition) is 0. The summed E-state index contributed by atoms with van der Waals surface area (Å²) < 4.78 is 6.51. The zero-order valence-electron chi connectivity index (χ0n) is 22.9. The van der Waals surface area contributed by atoms with Crippen LogP contribution in [-0.4, -0.2) is 6.61 Å². The predicted octanol–water partition coefficient (Wildman–Crippen LogP) is 11.7. The van der Waals surface area contributed by atoms with E-state index in [1.807, 2.05) is 0 Å². The Morgan fingerprint density at radius 2 is 1.23 bits per heavy atom. The summed E-state index contributed by atoms with van der Waals surface area (Å²) in [7, 11) is 0. The van der Waals surface area contributed by atoms with Crippen LogP contribution in [0.1, 0.15) is 50.7 Å². The summed E-state index contributed by atoms with van der Waals surface area (Å²) in [5, 5.41) is 6.62. The van der Waals surface area contributed by atoms with Crippen molar-refractivity contribution in [3.8, 4) is 28.0 Å². The maximum Gasteiger partial charge on any atom is 0.123 e. The Morgan fingerprint density at radius 1 is 0.667 bits per heavy atom. The molecule has 5 rings (SSSR count). The van der Waals surface area contributed by atoms with Gasteiger partial charge in [0.1, 0.15) is 5.75 Å². The van der Waals surface area contributed by atoms with Crippen LogP contribution < -0.4 is 4.74 Å². The molecule has 0 aliphatic heterocycles. The molecule has 0 heterocycles. The van der Waals surface area contributed by atoms with Crippen LogP contribution in [0.2, 0.25) is 0 Å². The van der Waals surface area contributed by atoms with Crippen molar-refractivity contribution in [2.24, 2.45) is 5.92 Å². The minimum Gasteiger partial charge on any atom is -0.493 e. The zero-order valence-corrected chi connectivity index (χ0v) is 26.0. The molecule has 0 bridgehead atoms. The molecule has 39 heavy (non-hydrogen) atoms. The van der Waals surface area contributed by atoms with Gasteiger partial charge in [0.2, 0.25) is 0 Å². The molecular formula is C36H36Br2O. The number of halogens is 2. The summed E-state index contributed by atoms with van der Waals surface area (Å²) in [6.07, 6.45) is 4.87. The number of alkyl halides is 2. The highest BCUT2D eigenvalue weighted by atomic mass is 79.9. The third kappa shape index (κ3) is 5.81. The van der Waals surface area contributed by atoms with E-state index in [4.69, 9.17) is 4.74 Å². The van der Waals surface area contributed by atoms with Gasteiger partial charge in [-0.1, -0.05) is 144 Å². The van der Waals surface area contributed by atoms with E-state index in [1.54, 1.807) is 0 Å². The van der Waals surface area contributed by atoms with Gasteiger partial charge in [-0.25, -0.2) is 0 Å². The van der Waals surface area contributed by atoms with Crippen molar-refractivity contribution in [3.63, 3.8) is 0 Å². The highest BCUT2D eigenvalue weighted by Crippen LogP contribution is 2.45. The molecule has 5 aromatic carbocycles. The molecule has 0 saturated heterocycles. The van der Waals surface area contributed by atoms with Crippen LogP contribution in [0.3, 0.4) is 0 Å². The lowest BCUT2D eigenvalue weighted by Crippen LogP contribution is -2.12. The average molecular weight is 644 g/mol. The third-order valence-corrected chi connectivity index (χ3v) is 9.06. The Morgan fingerprint density at radius 3 is 1.77 bits per heavy atom. The molecule has 0 N–H and O–H groups in total. The monoisotopic (exact) mass is 642 g/mol. The molecular weight excluding hydrogens is 608 g/mol. The summed E-state index contributed by atoms with van der Waals surface area (Å²) in [6.45, 7) is 5.31. The minimum absolute atomic E-state index is 0.596. The highest BCUT2D eigenvalue weighted by molar-refractivity contribution is 9.08. The molecule has 5 aromatic rings. The van der Waals surface area contributed by atoms with Gasteiger partial charge >= 0.3 is 0 Å². The number of rotatable bonds is 11. The first-order chi connectivity index (χ1) is 19.2. The van der Waals surface area contributed by atoms with Crippen LogP contribution in [0.4, 0.5) is 0 Å². The first-order valence-electron chi connectivity index (χ1n) is 14.1. The van der Waals surface area contributed by atoms with Gasteiger partial charge in [-0.2, -0.15) is 0 Å². The maximum atomic E-state index is 6.51. The van der Waals surface area contributed by atoms with Crippen molar-refractivity contribution in [1.29, 1.82) is 0 Å². The Kier molecular flexibility index (Phi) is 9.42. The molecule has 1 unspecified atom stereocenters. The fourth-order valence-corrected chi connectivity index (χ4v) is 6.59. The maximum absolute atomic E-state index is 6.51. The van der Waals surface area contributed by atoms with Crippen molar-refractivity contribution in [1.82, 2.24) is 0 Å². The largest absolute Gasteiger partial charge is 0.493 e. The lowest BCUT2D eigenvalue weighted by molar-refractivity contribution is 0.232. The van der Waals surface area contributed by atoms with Gasteiger partial charge in [0.05, 0.1) is 6.61 Å². The second kappa shape index (κ2) is 13.2. The van der Waals surface area contributed by atoms with E-state index in [-0.39, 0.29) is 0 Å². The Bertz CT molecular complexity index is 1500. The van der Waals surface area contributed by atoms with Crippen molar-refractivity contribution >= 4 is 53.4 Å². The van der Waals surface area contributed by atoms with E-state index in [9.17, 15) is 0 Å². The number of fused-ring (bicyclic) bond motifs is 2. The van der Waals surface area contributed by atoms with Crippen LogP contribution in [0.25, 0.3) is 43.8 Å². The molecule has 1 nitrogen and oxygen atoms in total. The summed E-state index contributed by atoms with van der Waals surface area (Å²) in [5.41, 5.74) is 7.54. The topological polar surface area (TPSA) is 9.23 Å². The molecule has 1 atom stereocenters. The van der Waals surface area contributed by atoms with E-state index in [0.29, 0.717) is 5.92 Å². The fraction of sp³-hybridized carbons (Fsp3) is 0.278.